The molecule has 0 spiro atoms. The summed E-state index contributed by atoms with van der Waals surface area (Å²) in [5, 5.41) is 6.55. The molecule has 3 aromatic carbocycles. The fourth-order valence-electron chi connectivity index (χ4n) is 4.41. The molecule has 1 aliphatic rings. The van der Waals surface area contributed by atoms with Crippen LogP contribution in [0.25, 0.3) is 0 Å². The van der Waals surface area contributed by atoms with Crippen LogP contribution in [-0.2, 0) is 16.6 Å². The van der Waals surface area contributed by atoms with E-state index in [-0.39, 0.29) is 29.3 Å². The van der Waals surface area contributed by atoms with E-state index in [0.717, 1.165) is 37.1 Å². The first-order chi connectivity index (χ1) is 17.0. The number of sulfonamides is 1. The van der Waals surface area contributed by atoms with Crippen LogP contribution in [0.3, 0.4) is 0 Å². The highest BCUT2D eigenvalue weighted by Gasteiger charge is 2.28. The number of benzene rings is 3. The van der Waals surface area contributed by atoms with Gasteiger partial charge >= 0.3 is 0 Å². The molecule has 0 aromatic heterocycles. The van der Waals surface area contributed by atoms with Crippen LogP contribution in [0.1, 0.15) is 40.4 Å². The van der Waals surface area contributed by atoms with Gasteiger partial charge in [0, 0.05) is 6.54 Å². The third kappa shape index (κ3) is 6.28. The highest BCUT2D eigenvalue weighted by atomic mass is 32.2. The number of piperidine rings is 1. The first-order valence-corrected chi connectivity index (χ1v) is 13.2. The van der Waals surface area contributed by atoms with Crippen LogP contribution in [0.15, 0.2) is 83.8 Å². The number of hydrogen-bond acceptors (Lipinski definition) is 5. The lowest BCUT2D eigenvalue weighted by Gasteiger charge is -2.32. The molecule has 3 aromatic rings. The van der Waals surface area contributed by atoms with Crippen molar-refractivity contribution in [2.24, 2.45) is 5.92 Å². The molecular formula is C27H31N3O4S. The minimum absolute atomic E-state index is 0.192. The Morgan fingerprint density at radius 3 is 2.31 bits per heavy atom. The van der Waals surface area contributed by atoms with E-state index in [0.29, 0.717) is 11.3 Å². The maximum absolute atomic E-state index is 13.2. The second-order valence-electron chi connectivity index (χ2n) is 8.62. The molecule has 1 atom stereocenters. The van der Waals surface area contributed by atoms with Crippen molar-refractivity contribution in [1.82, 2.24) is 15.4 Å². The SMILES string of the molecule is COc1ccccc1C(=O)NC(c1ccc(S(=O)(=O)NCc2ccccc2)cc1)C1CCNCC1. The van der Waals surface area contributed by atoms with Gasteiger partial charge in [-0.2, -0.15) is 0 Å². The van der Waals surface area contributed by atoms with Gasteiger partial charge in [0.1, 0.15) is 5.75 Å². The molecule has 4 rings (SSSR count). The van der Waals surface area contributed by atoms with Crippen LogP contribution in [0.5, 0.6) is 5.75 Å². The molecule has 8 heteroatoms. The average molecular weight is 494 g/mol. The fraction of sp³-hybridized carbons (Fsp3) is 0.296. The molecule has 7 nitrogen and oxygen atoms in total. The second-order valence-corrected chi connectivity index (χ2v) is 10.4. The second kappa shape index (κ2) is 11.5. The summed E-state index contributed by atoms with van der Waals surface area (Å²) in [7, 11) is -2.12. The van der Waals surface area contributed by atoms with Crippen molar-refractivity contribution in [2.75, 3.05) is 20.2 Å². The summed E-state index contributed by atoms with van der Waals surface area (Å²) in [6.45, 7) is 1.97. The van der Waals surface area contributed by atoms with Crippen LogP contribution in [0.2, 0.25) is 0 Å². The van der Waals surface area contributed by atoms with Crippen molar-refractivity contribution in [1.29, 1.82) is 0 Å². The van der Waals surface area contributed by atoms with E-state index in [1.54, 1.807) is 49.6 Å². The molecule has 1 saturated heterocycles. The maximum Gasteiger partial charge on any atom is 0.255 e. The van der Waals surface area contributed by atoms with Gasteiger partial charge in [-0.05, 0) is 67.2 Å². The predicted octanol–water partition coefficient (Wildman–Crippen LogP) is 3.64. The zero-order valence-electron chi connectivity index (χ0n) is 19.7. The van der Waals surface area contributed by atoms with Crippen molar-refractivity contribution in [3.63, 3.8) is 0 Å². The Morgan fingerprint density at radius 2 is 1.63 bits per heavy atom. The topological polar surface area (TPSA) is 96.5 Å². The normalized spacial score (nSPS) is 15.3. The van der Waals surface area contributed by atoms with Crippen molar-refractivity contribution < 1.29 is 17.9 Å². The Labute approximate surface area is 207 Å². The molecule has 0 bridgehead atoms. The zero-order valence-corrected chi connectivity index (χ0v) is 20.6. The summed E-state index contributed by atoms with van der Waals surface area (Å²) in [6, 6.07) is 23.1. The molecule has 1 unspecified atom stereocenters. The molecule has 184 valence electrons. The highest BCUT2D eigenvalue weighted by Crippen LogP contribution is 2.31. The van der Waals surface area contributed by atoms with Crippen LogP contribution in [-0.4, -0.2) is 34.5 Å². The lowest BCUT2D eigenvalue weighted by Crippen LogP contribution is -2.39. The fourth-order valence-corrected chi connectivity index (χ4v) is 5.43. The molecule has 0 saturated carbocycles. The third-order valence-electron chi connectivity index (χ3n) is 6.35. The van der Waals surface area contributed by atoms with Crippen molar-refractivity contribution in [2.45, 2.75) is 30.3 Å². The van der Waals surface area contributed by atoms with E-state index in [9.17, 15) is 13.2 Å². The summed E-state index contributed by atoms with van der Waals surface area (Å²) >= 11 is 0. The van der Waals surface area contributed by atoms with E-state index < -0.39 is 10.0 Å². The molecule has 1 fully saturated rings. The maximum atomic E-state index is 13.2. The summed E-state index contributed by atoms with van der Waals surface area (Å²) in [4.78, 5) is 13.4. The van der Waals surface area contributed by atoms with Gasteiger partial charge in [0.2, 0.25) is 10.0 Å². The molecular weight excluding hydrogens is 462 g/mol. The Morgan fingerprint density at radius 1 is 0.971 bits per heavy atom. The van der Waals surface area contributed by atoms with Crippen LogP contribution >= 0.6 is 0 Å². The minimum Gasteiger partial charge on any atom is -0.496 e. The number of nitrogens with one attached hydrogen (secondary N) is 3. The van der Waals surface area contributed by atoms with Gasteiger partial charge in [-0.15, -0.1) is 0 Å². The first-order valence-electron chi connectivity index (χ1n) is 11.8. The summed E-state index contributed by atoms with van der Waals surface area (Å²) in [5.41, 5.74) is 2.23. The number of ether oxygens (including phenoxy) is 1. The Kier molecular flexibility index (Phi) is 8.17. The van der Waals surface area contributed by atoms with Gasteiger partial charge in [0.25, 0.3) is 5.91 Å². The van der Waals surface area contributed by atoms with E-state index in [4.69, 9.17) is 4.74 Å². The van der Waals surface area contributed by atoms with E-state index >= 15 is 0 Å². The largest absolute Gasteiger partial charge is 0.496 e. The zero-order chi connectivity index (χ0) is 24.7. The Bertz CT molecular complexity index is 1220. The number of rotatable bonds is 9. The van der Waals surface area contributed by atoms with Gasteiger partial charge in [0.15, 0.2) is 0 Å². The first kappa shape index (κ1) is 24.9. The molecule has 0 radical (unpaired) electrons. The van der Waals surface area contributed by atoms with Crippen molar-refractivity contribution in [3.05, 3.63) is 95.6 Å². The van der Waals surface area contributed by atoms with Gasteiger partial charge in [-0.3, -0.25) is 4.79 Å². The van der Waals surface area contributed by atoms with Gasteiger partial charge < -0.3 is 15.4 Å². The summed E-state index contributed by atoms with van der Waals surface area (Å²) < 4.78 is 33.7. The number of para-hydroxylation sites is 1. The summed E-state index contributed by atoms with van der Waals surface area (Å²) in [6.07, 6.45) is 1.82. The van der Waals surface area contributed by atoms with Gasteiger partial charge in [-0.25, -0.2) is 13.1 Å². The molecule has 0 aliphatic carbocycles. The summed E-state index contributed by atoms with van der Waals surface area (Å²) in [5.74, 6) is 0.528. The monoisotopic (exact) mass is 493 g/mol. The molecule has 35 heavy (non-hydrogen) atoms. The highest BCUT2D eigenvalue weighted by molar-refractivity contribution is 7.89. The van der Waals surface area contributed by atoms with Crippen molar-refractivity contribution >= 4 is 15.9 Å². The Hall–Kier alpha value is -3.20. The lowest BCUT2D eigenvalue weighted by molar-refractivity contribution is 0.0911. The molecule has 1 amide bonds. The van der Waals surface area contributed by atoms with E-state index in [1.807, 2.05) is 36.4 Å². The van der Waals surface area contributed by atoms with E-state index in [1.165, 1.54) is 0 Å². The standard InChI is InChI=1S/C27H31N3O4S/c1-34-25-10-6-5-9-24(25)27(31)30-26(22-15-17-28-18-16-22)21-11-13-23(14-12-21)35(32,33)29-19-20-7-3-2-4-8-20/h2-14,22,26,28-29H,15-19H2,1H3,(H,30,31). The number of amides is 1. The minimum atomic E-state index is -3.66. The predicted molar refractivity (Wildman–Crippen MR) is 136 cm³/mol. The van der Waals surface area contributed by atoms with Crippen LogP contribution in [0.4, 0.5) is 0 Å². The smallest absolute Gasteiger partial charge is 0.255 e. The quantitative estimate of drug-likeness (QED) is 0.423. The van der Waals surface area contributed by atoms with Gasteiger partial charge in [0.05, 0.1) is 23.6 Å². The molecule has 1 heterocycles. The number of carbonyl (C=O) groups is 1. The number of methoxy groups -OCH3 is 1. The number of hydrogen-bond donors (Lipinski definition) is 3. The average Bonchev–Trinajstić information content (AvgIpc) is 2.91. The molecule has 1 aliphatic heterocycles. The molecule has 3 N–H and O–H groups in total. The Balaban J connectivity index is 1.54. The number of carbonyl (C=O) groups excluding carboxylic acids is 1. The van der Waals surface area contributed by atoms with Gasteiger partial charge in [-0.1, -0.05) is 54.6 Å². The lowest BCUT2D eigenvalue weighted by atomic mass is 9.85. The van der Waals surface area contributed by atoms with Crippen molar-refractivity contribution in [3.8, 4) is 5.75 Å². The third-order valence-corrected chi connectivity index (χ3v) is 7.77. The van der Waals surface area contributed by atoms with Crippen LogP contribution in [0, 0.1) is 5.92 Å². The van der Waals surface area contributed by atoms with Crippen LogP contribution < -0.4 is 20.1 Å². The van der Waals surface area contributed by atoms with E-state index in [2.05, 4.69) is 15.4 Å².